The number of aryl methyl sites for hydroxylation is 2. The second kappa shape index (κ2) is 9.28. The minimum Gasteiger partial charge on any atom is -0.368 e. The van der Waals surface area contributed by atoms with Crippen molar-refractivity contribution in [2.24, 2.45) is 0 Å². The molecule has 0 bridgehead atoms. The Morgan fingerprint density at radius 2 is 1.90 bits per heavy atom. The molecule has 0 saturated carbocycles. The van der Waals surface area contributed by atoms with Gasteiger partial charge in [-0.1, -0.05) is 36.0 Å². The summed E-state index contributed by atoms with van der Waals surface area (Å²) in [5.74, 6) is 0.347. The average molecular weight is 455 g/mol. The van der Waals surface area contributed by atoms with Crippen LogP contribution in [-0.4, -0.2) is 52.3 Å². The topological polar surface area (TPSA) is 58.4 Å². The first kappa shape index (κ1) is 21.6. The molecule has 0 unspecified atom stereocenters. The largest absolute Gasteiger partial charge is 0.368 e. The number of hydrogen-bond acceptors (Lipinski definition) is 6. The standard InChI is InChI=1S/C23H26N4O2S2/c1-4-10-27-22(29)20-16(2)17(3)31-21(20)24-23(27)30-15-19(28)26-13-11-25(12-14-26)18-8-6-5-7-9-18/h4-9H,1,10-15H2,2-3H3. The van der Waals surface area contributed by atoms with E-state index in [0.29, 0.717) is 30.2 Å². The third-order valence-corrected chi connectivity index (χ3v) is 7.71. The van der Waals surface area contributed by atoms with Crippen molar-refractivity contribution in [3.8, 4) is 0 Å². The van der Waals surface area contributed by atoms with Crippen LogP contribution in [0.25, 0.3) is 10.2 Å². The quantitative estimate of drug-likeness (QED) is 0.323. The fourth-order valence-corrected chi connectivity index (χ4v) is 5.76. The molecule has 4 rings (SSSR count). The molecule has 6 nitrogen and oxygen atoms in total. The maximum atomic E-state index is 13.1. The van der Waals surface area contributed by atoms with Gasteiger partial charge >= 0.3 is 0 Å². The van der Waals surface area contributed by atoms with E-state index in [9.17, 15) is 9.59 Å². The first-order valence-corrected chi connectivity index (χ1v) is 12.1. The number of fused-ring (bicyclic) bond motifs is 1. The molecule has 162 valence electrons. The van der Waals surface area contributed by atoms with Crippen LogP contribution in [-0.2, 0) is 11.3 Å². The lowest BCUT2D eigenvalue weighted by Crippen LogP contribution is -2.49. The Labute approximate surface area is 190 Å². The van der Waals surface area contributed by atoms with Crippen LogP contribution in [0.1, 0.15) is 10.4 Å². The third kappa shape index (κ3) is 4.41. The van der Waals surface area contributed by atoms with Gasteiger partial charge in [0, 0.05) is 43.3 Å². The Bertz CT molecular complexity index is 1160. The second-order valence-corrected chi connectivity index (χ2v) is 9.70. The van der Waals surface area contributed by atoms with Crippen molar-refractivity contribution in [3.05, 3.63) is 63.8 Å². The van der Waals surface area contributed by atoms with Gasteiger partial charge in [0.15, 0.2) is 5.16 Å². The Hall–Kier alpha value is -2.58. The number of carbonyl (C=O) groups excluding carboxylic acids is 1. The van der Waals surface area contributed by atoms with Gasteiger partial charge in [0.25, 0.3) is 5.56 Å². The number of aromatic nitrogens is 2. The molecule has 0 N–H and O–H groups in total. The van der Waals surface area contributed by atoms with Crippen LogP contribution in [0, 0.1) is 13.8 Å². The number of carbonyl (C=O) groups is 1. The van der Waals surface area contributed by atoms with E-state index in [2.05, 4.69) is 23.6 Å². The molecule has 3 aromatic rings. The van der Waals surface area contributed by atoms with Gasteiger partial charge in [-0.25, -0.2) is 4.98 Å². The molecule has 1 fully saturated rings. The lowest BCUT2D eigenvalue weighted by atomic mass is 10.2. The Kier molecular flexibility index (Phi) is 6.48. The SMILES string of the molecule is C=CCn1c(SCC(=O)N2CCN(c3ccccc3)CC2)nc2sc(C)c(C)c2c1=O. The summed E-state index contributed by atoms with van der Waals surface area (Å²) in [6.07, 6.45) is 1.69. The summed E-state index contributed by atoms with van der Waals surface area (Å²) in [5.41, 5.74) is 2.12. The highest BCUT2D eigenvalue weighted by Gasteiger charge is 2.23. The molecule has 0 aliphatic carbocycles. The van der Waals surface area contributed by atoms with Crippen LogP contribution in [0.2, 0.25) is 0 Å². The van der Waals surface area contributed by atoms with Gasteiger partial charge < -0.3 is 9.80 Å². The summed E-state index contributed by atoms with van der Waals surface area (Å²) in [7, 11) is 0. The number of nitrogens with zero attached hydrogens (tertiary/aromatic N) is 4. The molecule has 8 heteroatoms. The van der Waals surface area contributed by atoms with E-state index in [4.69, 9.17) is 4.98 Å². The minimum atomic E-state index is -0.0572. The Balaban J connectivity index is 1.45. The van der Waals surface area contributed by atoms with Gasteiger partial charge in [0.1, 0.15) is 4.83 Å². The predicted molar refractivity (Wildman–Crippen MR) is 130 cm³/mol. The molecule has 31 heavy (non-hydrogen) atoms. The van der Waals surface area contributed by atoms with Gasteiger partial charge in [-0.15, -0.1) is 17.9 Å². The van der Waals surface area contributed by atoms with Crippen LogP contribution in [0.4, 0.5) is 5.69 Å². The van der Waals surface area contributed by atoms with Crippen molar-refractivity contribution >= 4 is 44.9 Å². The first-order chi connectivity index (χ1) is 15.0. The lowest BCUT2D eigenvalue weighted by Gasteiger charge is -2.36. The number of allylic oxidation sites excluding steroid dienone is 1. The number of thioether (sulfide) groups is 1. The van der Waals surface area contributed by atoms with Crippen molar-refractivity contribution in [1.29, 1.82) is 0 Å². The molecule has 2 aromatic heterocycles. The highest BCUT2D eigenvalue weighted by molar-refractivity contribution is 7.99. The maximum Gasteiger partial charge on any atom is 0.263 e. The molecule has 0 spiro atoms. The molecule has 0 radical (unpaired) electrons. The molecule has 1 aromatic carbocycles. The van der Waals surface area contributed by atoms with Crippen LogP contribution >= 0.6 is 23.1 Å². The molecule has 0 atom stereocenters. The summed E-state index contributed by atoms with van der Waals surface area (Å²) in [6, 6.07) is 10.3. The van der Waals surface area contributed by atoms with E-state index in [1.54, 1.807) is 10.6 Å². The number of benzene rings is 1. The summed E-state index contributed by atoms with van der Waals surface area (Å²) in [6.45, 7) is 11.1. The molecule has 1 saturated heterocycles. The van der Waals surface area contributed by atoms with Gasteiger partial charge in [0.05, 0.1) is 11.1 Å². The van der Waals surface area contributed by atoms with Crippen molar-refractivity contribution in [1.82, 2.24) is 14.5 Å². The molecule has 3 heterocycles. The first-order valence-electron chi connectivity index (χ1n) is 10.3. The van der Waals surface area contributed by atoms with Crippen LogP contribution in [0.3, 0.4) is 0 Å². The fraction of sp³-hybridized carbons (Fsp3) is 0.348. The highest BCUT2D eigenvalue weighted by Crippen LogP contribution is 2.28. The van der Waals surface area contributed by atoms with Gasteiger partial charge in [-0.3, -0.25) is 14.2 Å². The number of thiophene rings is 1. The number of amides is 1. The van der Waals surface area contributed by atoms with E-state index in [-0.39, 0.29) is 17.2 Å². The lowest BCUT2D eigenvalue weighted by molar-refractivity contribution is -0.128. The predicted octanol–water partition coefficient (Wildman–Crippen LogP) is 3.70. The van der Waals surface area contributed by atoms with Crippen LogP contribution < -0.4 is 10.5 Å². The van der Waals surface area contributed by atoms with Crippen molar-refractivity contribution < 1.29 is 4.79 Å². The maximum absolute atomic E-state index is 13.1. The van der Waals surface area contributed by atoms with E-state index < -0.39 is 0 Å². The zero-order chi connectivity index (χ0) is 22.0. The van der Waals surface area contributed by atoms with Crippen LogP contribution in [0.5, 0.6) is 0 Å². The van der Waals surface area contributed by atoms with Crippen molar-refractivity contribution in [2.45, 2.75) is 25.5 Å². The molecule has 1 amide bonds. The van der Waals surface area contributed by atoms with E-state index in [1.165, 1.54) is 28.8 Å². The van der Waals surface area contributed by atoms with Crippen LogP contribution in [0.15, 0.2) is 52.9 Å². The van der Waals surface area contributed by atoms with Crippen molar-refractivity contribution in [3.63, 3.8) is 0 Å². The normalized spacial score (nSPS) is 14.3. The average Bonchev–Trinajstić information content (AvgIpc) is 3.08. The number of para-hydroxylation sites is 1. The van der Waals surface area contributed by atoms with Gasteiger partial charge in [0.2, 0.25) is 5.91 Å². The van der Waals surface area contributed by atoms with E-state index >= 15 is 0 Å². The second-order valence-electron chi connectivity index (χ2n) is 7.55. The summed E-state index contributed by atoms with van der Waals surface area (Å²) < 4.78 is 1.62. The molecule has 1 aliphatic rings. The summed E-state index contributed by atoms with van der Waals surface area (Å²) in [4.78, 5) is 36.7. The molecule has 1 aliphatic heterocycles. The summed E-state index contributed by atoms with van der Waals surface area (Å²) >= 11 is 2.87. The van der Waals surface area contributed by atoms with E-state index in [0.717, 1.165) is 28.4 Å². The summed E-state index contributed by atoms with van der Waals surface area (Å²) in [5, 5.41) is 1.26. The number of piperazine rings is 1. The van der Waals surface area contributed by atoms with Gasteiger partial charge in [-0.05, 0) is 31.5 Å². The smallest absolute Gasteiger partial charge is 0.263 e. The van der Waals surface area contributed by atoms with Gasteiger partial charge in [-0.2, -0.15) is 0 Å². The van der Waals surface area contributed by atoms with E-state index in [1.807, 2.05) is 36.9 Å². The highest BCUT2D eigenvalue weighted by atomic mass is 32.2. The fourth-order valence-electron chi connectivity index (χ4n) is 3.78. The minimum absolute atomic E-state index is 0.0572. The number of anilines is 1. The Morgan fingerprint density at radius 3 is 2.58 bits per heavy atom. The Morgan fingerprint density at radius 1 is 1.19 bits per heavy atom. The molecular weight excluding hydrogens is 428 g/mol. The number of hydrogen-bond donors (Lipinski definition) is 0. The third-order valence-electron chi connectivity index (χ3n) is 5.64. The zero-order valence-corrected chi connectivity index (χ0v) is 19.5. The molecular formula is C23H26N4O2S2. The monoisotopic (exact) mass is 454 g/mol. The number of rotatable bonds is 6. The van der Waals surface area contributed by atoms with Crippen molar-refractivity contribution in [2.75, 3.05) is 36.8 Å². The zero-order valence-electron chi connectivity index (χ0n) is 17.8.